The molecule has 0 aromatic heterocycles. The van der Waals surface area contributed by atoms with E-state index < -0.39 is 0 Å². The van der Waals surface area contributed by atoms with E-state index in [1.807, 2.05) is 18.2 Å². The van der Waals surface area contributed by atoms with Gasteiger partial charge in [-0.2, -0.15) is 0 Å². The molecule has 0 amide bonds. The molecule has 2 aromatic carbocycles. The van der Waals surface area contributed by atoms with Gasteiger partial charge in [-0.05, 0) is 42.2 Å². The maximum Gasteiger partial charge on any atom is 0.126 e. The zero-order chi connectivity index (χ0) is 14.1. The first-order valence-corrected chi connectivity index (χ1v) is 8.13. The summed E-state index contributed by atoms with van der Waals surface area (Å²) in [4.78, 5) is 1.25. The van der Waals surface area contributed by atoms with Gasteiger partial charge in [-0.15, -0.1) is 11.8 Å². The van der Waals surface area contributed by atoms with Crippen LogP contribution in [-0.2, 0) is 0 Å². The fraction of sp³-hybridized carbons (Fsp3) is 0.250. The number of hydrogen-bond acceptors (Lipinski definition) is 3. The second-order valence-corrected chi connectivity index (χ2v) is 6.22. The van der Waals surface area contributed by atoms with E-state index in [4.69, 9.17) is 22.1 Å². The number of thioether (sulfide) groups is 1. The highest BCUT2D eigenvalue weighted by atomic mass is 35.5. The number of ether oxygens (including phenoxy) is 1. The number of rotatable bonds is 2. The van der Waals surface area contributed by atoms with E-state index in [1.165, 1.54) is 10.5 Å². The van der Waals surface area contributed by atoms with Crippen LogP contribution in [0.3, 0.4) is 0 Å². The van der Waals surface area contributed by atoms with Crippen LogP contribution in [0.4, 0.5) is 0 Å². The zero-order valence-corrected chi connectivity index (χ0v) is 12.7. The monoisotopic (exact) mass is 305 g/mol. The average Bonchev–Trinajstić information content (AvgIpc) is 2.48. The van der Waals surface area contributed by atoms with E-state index in [9.17, 15) is 0 Å². The predicted octanol–water partition coefficient (Wildman–Crippen LogP) is 4.59. The molecule has 0 spiro atoms. The molecule has 2 aromatic rings. The Hall–Kier alpha value is -1.16. The first kappa shape index (κ1) is 13.8. The summed E-state index contributed by atoms with van der Waals surface area (Å²) in [6, 6.07) is 14.1. The zero-order valence-electron chi connectivity index (χ0n) is 11.2. The summed E-state index contributed by atoms with van der Waals surface area (Å²) in [5.74, 6) is 0.840. The molecule has 20 heavy (non-hydrogen) atoms. The first-order valence-electron chi connectivity index (χ1n) is 6.53. The molecule has 2 N–H and O–H groups in total. The van der Waals surface area contributed by atoms with Gasteiger partial charge >= 0.3 is 0 Å². The molecule has 2 nitrogen and oxygen atoms in total. The van der Waals surface area contributed by atoms with Gasteiger partial charge in [0.05, 0.1) is 0 Å². The van der Waals surface area contributed by atoms with Gasteiger partial charge in [0.1, 0.15) is 11.9 Å². The Bertz CT molecular complexity index is 614. The number of fused-ring (bicyclic) bond motifs is 1. The second kappa shape index (κ2) is 5.68. The molecule has 0 bridgehead atoms. The molecular weight excluding hydrogens is 290 g/mol. The third-order valence-electron chi connectivity index (χ3n) is 3.60. The molecule has 2 atom stereocenters. The van der Waals surface area contributed by atoms with Crippen molar-refractivity contribution in [2.45, 2.75) is 23.5 Å². The van der Waals surface area contributed by atoms with Crippen LogP contribution in [0.1, 0.15) is 29.7 Å². The third-order valence-corrected chi connectivity index (χ3v) is 4.57. The molecule has 0 fully saturated rings. The molecule has 0 aliphatic carbocycles. The van der Waals surface area contributed by atoms with Crippen LogP contribution in [0.15, 0.2) is 47.4 Å². The lowest BCUT2D eigenvalue weighted by Gasteiger charge is -2.30. The van der Waals surface area contributed by atoms with Gasteiger partial charge in [-0.3, -0.25) is 0 Å². The van der Waals surface area contributed by atoms with Crippen molar-refractivity contribution in [2.24, 2.45) is 5.73 Å². The summed E-state index contributed by atoms with van der Waals surface area (Å²) in [7, 11) is 0. The minimum Gasteiger partial charge on any atom is -0.485 e. The lowest BCUT2D eigenvalue weighted by atomic mass is 9.94. The second-order valence-electron chi connectivity index (χ2n) is 4.90. The van der Waals surface area contributed by atoms with E-state index in [1.54, 1.807) is 11.8 Å². The van der Waals surface area contributed by atoms with E-state index in [0.29, 0.717) is 5.02 Å². The van der Waals surface area contributed by atoms with Gasteiger partial charge in [0.2, 0.25) is 0 Å². The van der Waals surface area contributed by atoms with Crippen LogP contribution >= 0.6 is 23.4 Å². The van der Waals surface area contributed by atoms with Crippen LogP contribution in [0.5, 0.6) is 5.75 Å². The quantitative estimate of drug-likeness (QED) is 0.824. The molecule has 1 aliphatic rings. The van der Waals surface area contributed by atoms with Crippen LogP contribution in [0.2, 0.25) is 5.02 Å². The van der Waals surface area contributed by atoms with Gasteiger partial charge in [-0.25, -0.2) is 0 Å². The van der Waals surface area contributed by atoms with Crippen molar-refractivity contribution >= 4 is 23.4 Å². The molecule has 104 valence electrons. The molecule has 1 unspecified atom stereocenters. The smallest absolute Gasteiger partial charge is 0.126 e. The fourth-order valence-corrected chi connectivity index (χ4v) is 3.09. The summed E-state index contributed by atoms with van der Waals surface area (Å²) in [5, 5.41) is 0.700. The van der Waals surface area contributed by atoms with Crippen LogP contribution < -0.4 is 10.5 Å². The van der Waals surface area contributed by atoms with Gasteiger partial charge in [0.25, 0.3) is 0 Å². The minimum atomic E-state index is -0.0392. The Labute approximate surface area is 128 Å². The molecule has 1 aliphatic heterocycles. The highest BCUT2D eigenvalue weighted by Gasteiger charge is 2.27. The van der Waals surface area contributed by atoms with Crippen molar-refractivity contribution in [3.8, 4) is 5.75 Å². The molecule has 0 saturated heterocycles. The molecule has 4 heteroatoms. The van der Waals surface area contributed by atoms with Crippen molar-refractivity contribution in [1.29, 1.82) is 0 Å². The van der Waals surface area contributed by atoms with Gasteiger partial charge in [0.15, 0.2) is 0 Å². The maximum absolute atomic E-state index is 6.26. The SMILES string of the molecule is CSc1ccc(C2C[C@H](N)c3cc(Cl)ccc3O2)cc1. The highest BCUT2D eigenvalue weighted by molar-refractivity contribution is 7.98. The lowest BCUT2D eigenvalue weighted by molar-refractivity contribution is 0.161. The topological polar surface area (TPSA) is 35.2 Å². The van der Waals surface area contributed by atoms with Crippen LogP contribution in [-0.4, -0.2) is 6.26 Å². The van der Waals surface area contributed by atoms with Crippen molar-refractivity contribution < 1.29 is 4.74 Å². The Morgan fingerprint density at radius 3 is 2.65 bits per heavy atom. The van der Waals surface area contributed by atoms with Gasteiger partial charge < -0.3 is 10.5 Å². The Morgan fingerprint density at radius 2 is 1.95 bits per heavy atom. The van der Waals surface area contributed by atoms with E-state index in [0.717, 1.165) is 17.7 Å². The van der Waals surface area contributed by atoms with Gasteiger partial charge in [-0.1, -0.05) is 23.7 Å². The summed E-state index contributed by atoms with van der Waals surface area (Å²) in [5.41, 5.74) is 8.42. The largest absolute Gasteiger partial charge is 0.485 e. The normalized spacial score (nSPS) is 21.1. The Balaban J connectivity index is 1.88. The molecule has 1 heterocycles. The summed E-state index contributed by atoms with van der Waals surface area (Å²) in [6.07, 6.45) is 2.85. The number of halogens is 1. The first-order chi connectivity index (χ1) is 9.67. The summed E-state index contributed by atoms with van der Waals surface area (Å²) in [6.45, 7) is 0. The summed E-state index contributed by atoms with van der Waals surface area (Å²) < 4.78 is 6.07. The predicted molar refractivity (Wildman–Crippen MR) is 84.6 cm³/mol. The molecule has 0 radical (unpaired) electrons. The van der Waals surface area contributed by atoms with Crippen molar-refractivity contribution in [1.82, 2.24) is 0 Å². The van der Waals surface area contributed by atoms with Crippen molar-refractivity contribution in [3.63, 3.8) is 0 Å². The van der Waals surface area contributed by atoms with Crippen molar-refractivity contribution in [3.05, 3.63) is 58.6 Å². The number of hydrogen-bond donors (Lipinski definition) is 1. The van der Waals surface area contributed by atoms with E-state index >= 15 is 0 Å². The lowest BCUT2D eigenvalue weighted by Crippen LogP contribution is -2.24. The highest BCUT2D eigenvalue weighted by Crippen LogP contribution is 2.40. The van der Waals surface area contributed by atoms with Crippen LogP contribution in [0, 0.1) is 0 Å². The molecule has 3 rings (SSSR count). The summed E-state index contributed by atoms with van der Waals surface area (Å²) >= 11 is 7.75. The number of benzene rings is 2. The van der Waals surface area contributed by atoms with E-state index in [-0.39, 0.29) is 12.1 Å². The Morgan fingerprint density at radius 1 is 1.20 bits per heavy atom. The maximum atomic E-state index is 6.26. The molecule has 0 saturated carbocycles. The standard InChI is InChI=1S/C16H16ClNOS/c1-20-12-5-2-10(3-6-12)16-9-14(18)13-8-11(17)4-7-15(13)19-16/h2-8,14,16H,9,18H2,1H3/t14-,16?/m0/s1. The van der Waals surface area contributed by atoms with Crippen molar-refractivity contribution in [2.75, 3.05) is 6.26 Å². The third kappa shape index (κ3) is 2.66. The minimum absolute atomic E-state index is 0.00887. The van der Waals surface area contributed by atoms with Gasteiger partial charge in [0, 0.05) is 27.9 Å². The number of nitrogens with two attached hydrogens (primary N) is 1. The Kier molecular flexibility index (Phi) is 3.92. The fourth-order valence-electron chi connectivity index (χ4n) is 2.50. The van der Waals surface area contributed by atoms with E-state index in [2.05, 4.69) is 30.5 Å². The average molecular weight is 306 g/mol. The van der Waals surface area contributed by atoms with Crippen LogP contribution in [0.25, 0.3) is 0 Å². The molecular formula is C16H16ClNOS.